The molecule has 1 saturated carbocycles. The summed E-state index contributed by atoms with van der Waals surface area (Å²) in [7, 11) is 1.39. The minimum absolute atomic E-state index is 0.0329. The van der Waals surface area contributed by atoms with Gasteiger partial charge in [0.15, 0.2) is 0 Å². The maximum Gasteiger partial charge on any atom is 0.309 e. The van der Waals surface area contributed by atoms with Gasteiger partial charge in [-0.25, -0.2) is 4.98 Å². The van der Waals surface area contributed by atoms with E-state index in [2.05, 4.69) is 15.0 Å². The van der Waals surface area contributed by atoms with Crippen molar-refractivity contribution in [3.63, 3.8) is 0 Å². The number of hydrogen-bond acceptors (Lipinski definition) is 5. The van der Waals surface area contributed by atoms with Crippen LogP contribution < -0.4 is 4.74 Å². The summed E-state index contributed by atoms with van der Waals surface area (Å²) >= 11 is 5.85. The second-order valence-electron chi connectivity index (χ2n) is 5.98. The van der Waals surface area contributed by atoms with Crippen LogP contribution in [-0.4, -0.2) is 34.3 Å². The molecule has 8 nitrogen and oxygen atoms in total. The zero-order valence-electron chi connectivity index (χ0n) is 13.4. The fourth-order valence-corrected chi connectivity index (χ4v) is 3.46. The number of halogens is 1. The molecule has 9 heteroatoms. The summed E-state index contributed by atoms with van der Waals surface area (Å²) in [5, 5.41) is 24.7. The van der Waals surface area contributed by atoms with Crippen LogP contribution in [0.4, 0.5) is 0 Å². The third kappa shape index (κ3) is 3.00. The number of methoxy groups -OCH3 is 1. The van der Waals surface area contributed by atoms with Gasteiger partial charge in [-0.1, -0.05) is 23.6 Å². The topological polar surface area (TPSA) is 128 Å². The van der Waals surface area contributed by atoms with Crippen molar-refractivity contribution in [1.82, 2.24) is 4.98 Å². The van der Waals surface area contributed by atoms with Crippen LogP contribution in [0.5, 0.6) is 5.88 Å². The van der Waals surface area contributed by atoms with Crippen LogP contribution in [0.3, 0.4) is 0 Å². The van der Waals surface area contributed by atoms with Gasteiger partial charge in [0.2, 0.25) is 5.88 Å². The molecule has 1 fully saturated rings. The summed E-state index contributed by atoms with van der Waals surface area (Å²) in [4.78, 5) is 18.5. The highest BCUT2D eigenvalue weighted by Crippen LogP contribution is 2.50. The quantitative estimate of drug-likeness (QED) is 0.363. The highest BCUT2D eigenvalue weighted by molar-refractivity contribution is 6.29. The molecule has 3 atom stereocenters. The number of pyridine rings is 1. The van der Waals surface area contributed by atoms with Crippen molar-refractivity contribution in [2.45, 2.75) is 44.2 Å². The Morgan fingerprint density at radius 3 is 2.83 bits per heavy atom. The standard InChI is InChI=1S/C15H19ClN4O4/c1-3-14(13(21)22)6-7-15(23,10(8-14)19-20-17)9-4-5-11(16)18-12(9)24-2/h4-5,10,23H,3,6-8H2,1-2H3,(H,21,22). The number of aliphatic carboxylic acids is 1. The van der Waals surface area contributed by atoms with Crippen LogP contribution in [-0.2, 0) is 10.4 Å². The van der Waals surface area contributed by atoms with Gasteiger partial charge in [-0.15, -0.1) is 0 Å². The molecule has 1 aromatic heterocycles. The third-order valence-electron chi connectivity index (χ3n) is 4.93. The molecule has 0 spiro atoms. The molecule has 0 amide bonds. The average Bonchev–Trinajstić information content (AvgIpc) is 2.56. The lowest BCUT2D eigenvalue weighted by atomic mass is 9.63. The molecule has 130 valence electrons. The van der Waals surface area contributed by atoms with E-state index in [-0.39, 0.29) is 30.3 Å². The number of rotatable bonds is 5. The summed E-state index contributed by atoms with van der Waals surface area (Å²) in [6.07, 6.45) is 0.770. The highest BCUT2D eigenvalue weighted by atomic mass is 35.5. The van der Waals surface area contributed by atoms with Gasteiger partial charge in [-0.3, -0.25) is 4.79 Å². The number of ether oxygens (including phenoxy) is 1. The van der Waals surface area contributed by atoms with Gasteiger partial charge in [0.05, 0.1) is 18.6 Å². The number of carbonyl (C=O) groups is 1. The lowest BCUT2D eigenvalue weighted by Gasteiger charge is -2.45. The summed E-state index contributed by atoms with van der Waals surface area (Å²) in [5.74, 6) is -0.825. The number of azide groups is 1. The Balaban J connectivity index is 2.52. The number of nitrogens with zero attached hydrogens (tertiary/aromatic N) is 4. The molecule has 0 radical (unpaired) electrons. The van der Waals surface area contributed by atoms with Crippen LogP contribution in [0.25, 0.3) is 10.4 Å². The van der Waals surface area contributed by atoms with Crippen LogP contribution in [0.2, 0.25) is 5.15 Å². The first-order chi connectivity index (χ1) is 11.3. The average molecular weight is 355 g/mol. The van der Waals surface area contributed by atoms with E-state index >= 15 is 0 Å². The molecule has 0 bridgehead atoms. The predicted octanol–water partition coefficient (Wildman–Crippen LogP) is 3.28. The lowest BCUT2D eigenvalue weighted by molar-refractivity contribution is -0.157. The molecule has 1 aromatic rings. The fraction of sp³-hybridized carbons (Fsp3) is 0.600. The number of hydrogen-bond donors (Lipinski definition) is 2. The van der Waals surface area contributed by atoms with Crippen LogP contribution in [0, 0.1) is 5.41 Å². The minimum Gasteiger partial charge on any atom is -0.481 e. The van der Waals surface area contributed by atoms with Gasteiger partial charge in [-0.2, -0.15) is 0 Å². The molecule has 2 rings (SSSR count). The van der Waals surface area contributed by atoms with E-state index in [1.807, 2.05) is 0 Å². The van der Waals surface area contributed by atoms with E-state index in [9.17, 15) is 15.0 Å². The monoisotopic (exact) mass is 354 g/mol. The maximum atomic E-state index is 11.7. The molecule has 24 heavy (non-hydrogen) atoms. The fourth-order valence-electron chi connectivity index (χ4n) is 3.32. The van der Waals surface area contributed by atoms with Gasteiger partial charge in [0.25, 0.3) is 0 Å². The molecule has 1 aliphatic rings. The third-order valence-corrected chi connectivity index (χ3v) is 5.14. The Labute approximate surface area is 144 Å². The SMILES string of the molecule is CCC1(C(=O)O)CCC(O)(c2ccc(Cl)nc2OC)C(N=[N+]=[N-])C1. The van der Waals surface area contributed by atoms with Crippen molar-refractivity contribution in [3.05, 3.63) is 33.3 Å². The normalized spacial score (nSPS) is 29.6. The first-order valence-corrected chi connectivity index (χ1v) is 7.91. The van der Waals surface area contributed by atoms with Crippen molar-refractivity contribution in [3.8, 4) is 5.88 Å². The Bertz CT molecular complexity index is 694. The summed E-state index contributed by atoms with van der Waals surface area (Å²) in [5.41, 5.74) is 6.62. The van der Waals surface area contributed by atoms with E-state index in [0.717, 1.165) is 0 Å². The van der Waals surface area contributed by atoms with Crippen molar-refractivity contribution < 1.29 is 19.7 Å². The molecule has 3 unspecified atom stereocenters. The van der Waals surface area contributed by atoms with Crippen LogP contribution in [0.1, 0.15) is 38.2 Å². The van der Waals surface area contributed by atoms with E-state index in [1.54, 1.807) is 13.0 Å². The Morgan fingerprint density at radius 2 is 2.29 bits per heavy atom. The predicted molar refractivity (Wildman–Crippen MR) is 86.8 cm³/mol. The van der Waals surface area contributed by atoms with E-state index in [1.165, 1.54) is 13.2 Å². The highest BCUT2D eigenvalue weighted by Gasteiger charge is 2.52. The van der Waals surface area contributed by atoms with Gasteiger partial charge in [0, 0.05) is 10.5 Å². The Hall–Kier alpha value is -2.02. The number of aromatic nitrogens is 1. The van der Waals surface area contributed by atoms with E-state index < -0.39 is 23.0 Å². The zero-order chi connectivity index (χ0) is 18.0. The molecular weight excluding hydrogens is 336 g/mol. The number of carboxylic acids is 1. The number of aliphatic hydroxyl groups is 1. The Kier molecular flexibility index (Phi) is 5.22. The van der Waals surface area contributed by atoms with Gasteiger partial charge < -0.3 is 14.9 Å². The first-order valence-electron chi connectivity index (χ1n) is 7.54. The summed E-state index contributed by atoms with van der Waals surface area (Å²) < 4.78 is 5.19. The number of carboxylic acid groups (broad SMARTS) is 1. The van der Waals surface area contributed by atoms with E-state index in [0.29, 0.717) is 12.0 Å². The smallest absolute Gasteiger partial charge is 0.309 e. The van der Waals surface area contributed by atoms with Gasteiger partial charge >= 0.3 is 5.97 Å². The van der Waals surface area contributed by atoms with Crippen molar-refractivity contribution in [2.75, 3.05) is 7.11 Å². The van der Waals surface area contributed by atoms with Crippen LogP contribution >= 0.6 is 11.6 Å². The molecule has 2 N–H and O–H groups in total. The largest absolute Gasteiger partial charge is 0.481 e. The minimum atomic E-state index is -1.57. The van der Waals surface area contributed by atoms with Crippen molar-refractivity contribution in [1.29, 1.82) is 0 Å². The lowest BCUT2D eigenvalue weighted by Crippen LogP contribution is -2.50. The van der Waals surface area contributed by atoms with E-state index in [4.69, 9.17) is 21.9 Å². The first kappa shape index (κ1) is 18.3. The maximum absolute atomic E-state index is 11.7. The van der Waals surface area contributed by atoms with Crippen molar-refractivity contribution in [2.24, 2.45) is 10.5 Å². The second kappa shape index (κ2) is 6.84. The summed E-state index contributed by atoms with van der Waals surface area (Å²) in [6, 6.07) is 2.11. The molecule has 0 aliphatic heterocycles. The summed E-state index contributed by atoms with van der Waals surface area (Å²) in [6.45, 7) is 1.77. The molecule has 1 aliphatic carbocycles. The molecule has 0 aromatic carbocycles. The van der Waals surface area contributed by atoms with Gasteiger partial charge in [0.1, 0.15) is 10.8 Å². The molecule has 1 heterocycles. The van der Waals surface area contributed by atoms with Crippen molar-refractivity contribution >= 4 is 17.6 Å². The van der Waals surface area contributed by atoms with Crippen LogP contribution in [0.15, 0.2) is 17.2 Å². The second-order valence-corrected chi connectivity index (χ2v) is 6.37. The molecular formula is C15H19ClN4O4. The molecule has 0 saturated heterocycles. The van der Waals surface area contributed by atoms with Gasteiger partial charge in [-0.05, 0) is 43.3 Å². The zero-order valence-corrected chi connectivity index (χ0v) is 14.2. The Morgan fingerprint density at radius 1 is 1.58 bits per heavy atom.